The van der Waals surface area contributed by atoms with Crippen molar-refractivity contribution >= 4 is 32.2 Å². The molecule has 2 aromatic heterocycles. The van der Waals surface area contributed by atoms with Gasteiger partial charge >= 0.3 is 0 Å². The number of hydrogen-bond donors (Lipinski definition) is 0. The van der Waals surface area contributed by atoms with Crippen LogP contribution in [0, 0.1) is 0 Å². The summed E-state index contributed by atoms with van der Waals surface area (Å²) in [4.78, 5) is 0.739. The second kappa shape index (κ2) is 6.45. The fraction of sp³-hybridized carbons (Fsp3) is 0.118. The zero-order valence-corrected chi connectivity index (χ0v) is 15.8. The molecule has 25 heavy (non-hydrogen) atoms. The summed E-state index contributed by atoms with van der Waals surface area (Å²) in [5, 5.41) is 14.0. The zero-order chi connectivity index (χ0) is 17.4. The highest BCUT2D eigenvalue weighted by molar-refractivity contribution is 9.10. The van der Waals surface area contributed by atoms with E-state index < -0.39 is 0 Å². The SMILES string of the molecule is COc1ccc(-c2nn3c(-c4ccc(Br)cc4)nnc3s2)cc1OC. The van der Waals surface area contributed by atoms with Crippen molar-refractivity contribution in [1.29, 1.82) is 0 Å². The van der Waals surface area contributed by atoms with Crippen LogP contribution in [0.1, 0.15) is 0 Å². The van der Waals surface area contributed by atoms with Crippen LogP contribution in [0.2, 0.25) is 0 Å². The molecule has 0 N–H and O–H groups in total. The van der Waals surface area contributed by atoms with E-state index in [-0.39, 0.29) is 0 Å². The molecule has 2 heterocycles. The van der Waals surface area contributed by atoms with Crippen molar-refractivity contribution < 1.29 is 9.47 Å². The third kappa shape index (κ3) is 2.87. The van der Waals surface area contributed by atoms with Gasteiger partial charge in [0, 0.05) is 15.6 Å². The predicted molar refractivity (Wildman–Crippen MR) is 100 cm³/mol. The average molecular weight is 417 g/mol. The number of methoxy groups -OCH3 is 2. The minimum absolute atomic E-state index is 0.666. The van der Waals surface area contributed by atoms with Gasteiger partial charge in [-0.1, -0.05) is 39.4 Å². The summed E-state index contributed by atoms with van der Waals surface area (Å²) < 4.78 is 13.4. The van der Waals surface area contributed by atoms with Gasteiger partial charge in [0.2, 0.25) is 4.96 Å². The van der Waals surface area contributed by atoms with Gasteiger partial charge in [0.1, 0.15) is 5.01 Å². The third-order valence-electron chi connectivity index (χ3n) is 3.72. The fourth-order valence-electron chi connectivity index (χ4n) is 2.48. The second-order valence-electron chi connectivity index (χ2n) is 5.20. The molecule has 0 fully saturated rings. The molecule has 2 aromatic carbocycles. The summed E-state index contributed by atoms with van der Waals surface area (Å²) in [6, 6.07) is 13.6. The first-order valence-corrected chi connectivity index (χ1v) is 9.01. The number of hydrogen-bond acceptors (Lipinski definition) is 6. The average Bonchev–Trinajstić information content (AvgIpc) is 3.22. The van der Waals surface area contributed by atoms with Crippen LogP contribution < -0.4 is 9.47 Å². The summed E-state index contributed by atoms with van der Waals surface area (Å²) in [6.45, 7) is 0. The van der Waals surface area contributed by atoms with Gasteiger partial charge in [-0.15, -0.1) is 10.2 Å². The van der Waals surface area contributed by atoms with E-state index in [0.717, 1.165) is 25.6 Å². The van der Waals surface area contributed by atoms with Crippen LogP contribution in [0.25, 0.3) is 26.9 Å². The van der Waals surface area contributed by atoms with Crippen LogP contribution in [-0.2, 0) is 0 Å². The molecule has 126 valence electrons. The lowest BCUT2D eigenvalue weighted by atomic mass is 10.2. The van der Waals surface area contributed by atoms with Crippen molar-refractivity contribution in [1.82, 2.24) is 19.8 Å². The van der Waals surface area contributed by atoms with E-state index in [1.54, 1.807) is 18.7 Å². The van der Waals surface area contributed by atoms with Gasteiger partial charge in [-0.05, 0) is 30.3 Å². The van der Waals surface area contributed by atoms with Crippen LogP contribution in [0.4, 0.5) is 0 Å². The Morgan fingerprint density at radius 2 is 1.64 bits per heavy atom. The Morgan fingerprint density at radius 3 is 2.36 bits per heavy atom. The molecule has 0 atom stereocenters. The van der Waals surface area contributed by atoms with E-state index in [1.807, 2.05) is 42.5 Å². The van der Waals surface area contributed by atoms with Gasteiger partial charge in [0.15, 0.2) is 17.3 Å². The minimum atomic E-state index is 0.666. The number of nitrogens with zero attached hydrogens (tertiary/aromatic N) is 4. The molecule has 4 rings (SSSR count). The summed E-state index contributed by atoms with van der Waals surface area (Å²) in [5.74, 6) is 2.06. The molecule has 0 saturated carbocycles. The first-order chi connectivity index (χ1) is 12.2. The highest BCUT2D eigenvalue weighted by Crippen LogP contribution is 2.34. The first kappa shape index (κ1) is 16.0. The van der Waals surface area contributed by atoms with Crippen LogP contribution in [0.5, 0.6) is 11.5 Å². The van der Waals surface area contributed by atoms with E-state index in [1.165, 1.54) is 11.3 Å². The molecule has 8 heteroatoms. The van der Waals surface area contributed by atoms with Gasteiger partial charge in [-0.3, -0.25) is 0 Å². The van der Waals surface area contributed by atoms with Gasteiger partial charge in [0.25, 0.3) is 0 Å². The molecule has 4 aromatic rings. The Hall–Kier alpha value is -2.45. The Kier molecular flexibility index (Phi) is 4.14. The second-order valence-corrected chi connectivity index (χ2v) is 7.07. The normalized spacial score (nSPS) is 11.0. The quantitative estimate of drug-likeness (QED) is 0.496. The largest absolute Gasteiger partial charge is 0.493 e. The lowest BCUT2D eigenvalue weighted by molar-refractivity contribution is 0.355. The standard InChI is InChI=1S/C17H13BrN4O2S/c1-23-13-8-5-11(9-14(13)24-2)16-21-22-15(19-20-17(22)25-16)10-3-6-12(18)7-4-10/h3-9H,1-2H3. The van der Waals surface area contributed by atoms with E-state index in [2.05, 4.69) is 31.2 Å². The van der Waals surface area contributed by atoms with Crippen LogP contribution in [0.15, 0.2) is 46.9 Å². The van der Waals surface area contributed by atoms with Gasteiger partial charge in [-0.2, -0.15) is 9.61 Å². The highest BCUT2D eigenvalue weighted by atomic mass is 79.9. The molecular weight excluding hydrogens is 404 g/mol. The summed E-state index contributed by atoms with van der Waals surface area (Å²) in [5.41, 5.74) is 1.90. The number of aromatic nitrogens is 4. The smallest absolute Gasteiger partial charge is 0.235 e. The van der Waals surface area contributed by atoms with Crippen molar-refractivity contribution in [2.45, 2.75) is 0 Å². The number of ether oxygens (including phenoxy) is 2. The number of rotatable bonds is 4. The lowest BCUT2D eigenvalue weighted by Crippen LogP contribution is -1.92. The molecule has 6 nitrogen and oxygen atoms in total. The van der Waals surface area contributed by atoms with E-state index in [0.29, 0.717) is 17.3 Å². The molecule has 0 spiro atoms. The third-order valence-corrected chi connectivity index (χ3v) is 5.20. The molecule has 0 aliphatic rings. The van der Waals surface area contributed by atoms with Gasteiger partial charge in [0.05, 0.1) is 14.2 Å². The molecule has 0 bridgehead atoms. The minimum Gasteiger partial charge on any atom is -0.493 e. The van der Waals surface area contributed by atoms with Crippen molar-refractivity contribution in [2.24, 2.45) is 0 Å². The maximum atomic E-state index is 5.37. The van der Waals surface area contributed by atoms with Crippen molar-refractivity contribution in [3.63, 3.8) is 0 Å². The van der Waals surface area contributed by atoms with E-state index in [9.17, 15) is 0 Å². The Balaban J connectivity index is 1.79. The lowest BCUT2D eigenvalue weighted by Gasteiger charge is -2.07. The monoisotopic (exact) mass is 416 g/mol. The maximum Gasteiger partial charge on any atom is 0.235 e. The van der Waals surface area contributed by atoms with Crippen molar-refractivity contribution in [3.8, 4) is 33.5 Å². The molecule has 0 aliphatic heterocycles. The van der Waals surface area contributed by atoms with Crippen LogP contribution >= 0.6 is 27.3 Å². The summed E-state index contributed by atoms with van der Waals surface area (Å²) in [7, 11) is 3.23. The number of benzene rings is 2. The maximum absolute atomic E-state index is 5.37. The molecule has 0 saturated heterocycles. The Morgan fingerprint density at radius 1 is 0.920 bits per heavy atom. The molecule has 0 unspecified atom stereocenters. The Labute approximate surface area is 156 Å². The van der Waals surface area contributed by atoms with Crippen LogP contribution in [-0.4, -0.2) is 34.0 Å². The molecular formula is C17H13BrN4O2S. The Bertz CT molecular complexity index is 1040. The van der Waals surface area contributed by atoms with Crippen LogP contribution in [0.3, 0.4) is 0 Å². The highest BCUT2D eigenvalue weighted by Gasteiger charge is 2.15. The van der Waals surface area contributed by atoms with Gasteiger partial charge < -0.3 is 9.47 Å². The number of fused-ring (bicyclic) bond motifs is 1. The molecule has 0 aliphatic carbocycles. The first-order valence-electron chi connectivity index (χ1n) is 7.40. The van der Waals surface area contributed by atoms with Crippen molar-refractivity contribution in [2.75, 3.05) is 14.2 Å². The van der Waals surface area contributed by atoms with E-state index in [4.69, 9.17) is 9.47 Å². The summed E-state index contributed by atoms with van der Waals surface area (Å²) in [6.07, 6.45) is 0. The fourth-order valence-corrected chi connectivity index (χ4v) is 3.58. The van der Waals surface area contributed by atoms with Gasteiger partial charge in [-0.25, -0.2) is 0 Å². The molecule has 0 radical (unpaired) electrons. The topological polar surface area (TPSA) is 61.5 Å². The number of halogens is 1. The van der Waals surface area contributed by atoms with E-state index >= 15 is 0 Å². The van der Waals surface area contributed by atoms with Crippen molar-refractivity contribution in [3.05, 3.63) is 46.9 Å². The predicted octanol–water partition coefficient (Wildman–Crippen LogP) is 4.30. The zero-order valence-electron chi connectivity index (χ0n) is 13.4. The summed E-state index contributed by atoms with van der Waals surface area (Å²) >= 11 is 4.91. The molecule has 0 amide bonds.